The first-order valence-electron chi connectivity index (χ1n) is 13.2. The SMILES string of the molecule is CCOP(=O)(COC[C@@H]1C[C@@H](OC(C)(C)O)[C@H](n2ncc3c(N(C)Cc4ccccc4)nc(Cl)nc32)O1)OCC. The van der Waals surface area contributed by atoms with Gasteiger partial charge >= 0.3 is 7.60 Å². The van der Waals surface area contributed by atoms with Crippen LogP contribution in [0, 0.1) is 0 Å². The van der Waals surface area contributed by atoms with Crippen LogP contribution in [-0.2, 0) is 34.4 Å². The molecule has 0 spiro atoms. The van der Waals surface area contributed by atoms with Gasteiger partial charge in [0.2, 0.25) is 5.28 Å². The summed E-state index contributed by atoms with van der Waals surface area (Å²) in [6, 6.07) is 10.0. The molecule has 1 aliphatic heterocycles. The van der Waals surface area contributed by atoms with E-state index in [4.69, 9.17) is 34.9 Å². The Morgan fingerprint density at radius 2 is 1.90 bits per heavy atom. The van der Waals surface area contributed by atoms with E-state index in [1.165, 1.54) is 0 Å². The standard InChI is InChI=1S/C26H37ClN5O7P/c1-6-36-40(34,37-7-2)17-35-16-19-13-21(39-26(3,4)33)24(38-19)32-23-20(14-28-32)22(29-25(27)30-23)31(5)15-18-11-9-8-10-12-18/h8-12,14,19,21,24,33H,6-7,13,15-17H2,1-5H3/t19-,21+,24+/m0/s1. The van der Waals surface area contributed by atoms with Crippen LogP contribution in [0.15, 0.2) is 36.5 Å². The van der Waals surface area contributed by atoms with Crippen molar-refractivity contribution in [3.8, 4) is 0 Å². The van der Waals surface area contributed by atoms with Crippen LogP contribution in [0.4, 0.5) is 5.82 Å². The molecule has 40 heavy (non-hydrogen) atoms. The largest absolute Gasteiger partial charge is 0.366 e. The number of aromatic nitrogens is 4. The van der Waals surface area contributed by atoms with Gasteiger partial charge in [-0.2, -0.15) is 15.1 Å². The van der Waals surface area contributed by atoms with Gasteiger partial charge in [0.05, 0.1) is 37.5 Å². The first-order valence-corrected chi connectivity index (χ1v) is 15.3. The average molecular weight is 598 g/mol. The van der Waals surface area contributed by atoms with Crippen molar-refractivity contribution in [3.05, 3.63) is 47.4 Å². The van der Waals surface area contributed by atoms with Crippen molar-refractivity contribution in [3.63, 3.8) is 0 Å². The first-order chi connectivity index (χ1) is 19.0. The molecule has 0 saturated carbocycles. The zero-order valence-corrected chi connectivity index (χ0v) is 25.0. The molecular weight excluding hydrogens is 561 g/mol. The molecule has 1 aromatic carbocycles. The molecule has 0 unspecified atom stereocenters. The first kappa shape index (κ1) is 30.8. The number of nitrogens with zero attached hydrogens (tertiary/aromatic N) is 5. The molecule has 12 nitrogen and oxygen atoms in total. The summed E-state index contributed by atoms with van der Waals surface area (Å²) in [6.45, 7) is 7.76. The van der Waals surface area contributed by atoms with Crippen LogP contribution >= 0.6 is 19.2 Å². The van der Waals surface area contributed by atoms with Crippen LogP contribution in [0.25, 0.3) is 11.0 Å². The molecule has 3 heterocycles. The van der Waals surface area contributed by atoms with Gasteiger partial charge in [0.25, 0.3) is 0 Å². The molecule has 3 aromatic rings. The Labute approximate surface area is 239 Å². The molecule has 0 radical (unpaired) electrons. The van der Waals surface area contributed by atoms with Crippen LogP contribution in [0.2, 0.25) is 5.28 Å². The highest BCUT2D eigenvalue weighted by molar-refractivity contribution is 7.53. The summed E-state index contributed by atoms with van der Waals surface area (Å²) in [4.78, 5) is 10.9. The highest BCUT2D eigenvalue weighted by atomic mass is 35.5. The minimum absolute atomic E-state index is 0.0598. The van der Waals surface area contributed by atoms with Gasteiger partial charge in [-0.25, -0.2) is 4.68 Å². The summed E-state index contributed by atoms with van der Waals surface area (Å²) in [5.74, 6) is -0.816. The van der Waals surface area contributed by atoms with E-state index in [9.17, 15) is 9.67 Å². The number of hydrogen-bond donors (Lipinski definition) is 1. The number of aliphatic hydroxyl groups is 1. The lowest BCUT2D eigenvalue weighted by Crippen LogP contribution is -2.34. The molecule has 1 saturated heterocycles. The molecule has 2 aromatic heterocycles. The molecule has 0 bridgehead atoms. The summed E-state index contributed by atoms with van der Waals surface area (Å²) in [6.07, 6.45) is 0.0371. The average Bonchev–Trinajstić information content (AvgIpc) is 3.46. The Bertz CT molecular complexity index is 1300. The smallest absolute Gasteiger partial charge is 0.356 e. The van der Waals surface area contributed by atoms with E-state index in [2.05, 4.69) is 15.1 Å². The number of hydrogen-bond acceptors (Lipinski definition) is 11. The lowest BCUT2D eigenvalue weighted by molar-refractivity contribution is -0.223. The van der Waals surface area contributed by atoms with E-state index in [-0.39, 0.29) is 31.5 Å². The van der Waals surface area contributed by atoms with Gasteiger partial charge in [-0.05, 0) is 44.9 Å². The van der Waals surface area contributed by atoms with Crippen molar-refractivity contribution in [1.29, 1.82) is 0 Å². The summed E-state index contributed by atoms with van der Waals surface area (Å²) in [7, 11) is -1.45. The Kier molecular flexibility index (Phi) is 10.2. The predicted octanol–water partition coefficient (Wildman–Crippen LogP) is 4.76. The van der Waals surface area contributed by atoms with Crippen molar-refractivity contribution in [2.45, 2.75) is 64.9 Å². The fourth-order valence-corrected chi connectivity index (χ4v) is 6.11. The number of rotatable bonds is 14. The molecule has 1 aliphatic rings. The summed E-state index contributed by atoms with van der Waals surface area (Å²) in [5.41, 5.74) is 1.57. The van der Waals surface area contributed by atoms with Crippen molar-refractivity contribution >= 4 is 36.0 Å². The maximum atomic E-state index is 12.8. The monoisotopic (exact) mass is 597 g/mol. The Morgan fingerprint density at radius 1 is 1.20 bits per heavy atom. The maximum Gasteiger partial charge on any atom is 0.356 e. The van der Waals surface area contributed by atoms with Gasteiger partial charge in [-0.1, -0.05) is 30.3 Å². The molecule has 3 atom stereocenters. The van der Waals surface area contributed by atoms with Crippen molar-refractivity contribution < 1.29 is 32.9 Å². The quantitative estimate of drug-likeness (QED) is 0.157. The van der Waals surface area contributed by atoms with Crippen molar-refractivity contribution in [1.82, 2.24) is 19.7 Å². The molecule has 4 rings (SSSR count). The van der Waals surface area contributed by atoms with E-state index < -0.39 is 31.8 Å². The number of benzene rings is 1. The molecule has 14 heteroatoms. The van der Waals surface area contributed by atoms with Crippen LogP contribution in [0.5, 0.6) is 0 Å². The molecule has 0 amide bonds. The topological polar surface area (TPSA) is 130 Å². The second-order valence-corrected chi connectivity index (χ2v) is 12.3. The number of ether oxygens (including phenoxy) is 3. The molecule has 1 fully saturated rings. The number of fused-ring (bicyclic) bond motifs is 1. The summed E-state index contributed by atoms with van der Waals surface area (Å²) < 4.78 is 42.9. The van der Waals surface area contributed by atoms with E-state index in [1.54, 1.807) is 38.6 Å². The highest BCUT2D eigenvalue weighted by Gasteiger charge is 2.42. The molecule has 220 valence electrons. The van der Waals surface area contributed by atoms with Gasteiger partial charge in [-0.15, -0.1) is 0 Å². The van der Waals surface area contributed by atoms with Crippen molar-refractivity contribution in [2.24, 2.45) is 0 Å². The zero-order valence-electron chi connectivity index (χ0n) is 23.4. The highest BCUT2D eigenvalue weighted by Crippen LogP contribution is 2.48. The fourth-order valence-electron chi connectivity index (χ4n) is 4.61. The summed E-state index contributed by atoms with van der Waals surface area (Å²) in [5, 5.41) is 15.7. The third-order valence-corrected chi connectivity index (χ3v) is 8.03. The second-order valence-electron chi connectivity index (χ2n) is 9.92. The minimum atomic E-state index is -3.37. The lowest BCUT2D eigenvalue weighted by Gasteiger charge is -2.27. The zero-order chi connectivity index (χ0) is 28.9. The van der Waals surface area contributed by atoms with Gasteiger partial charge in [0, 0.05) is 20.0 Å². The van der Waals surface area contributed by atoms with Crippen LogP contribution in [0.1, 0.15) is 45.9 Å². The third-order valence-electron chi connectivity index (χ3n) is 6.06. The lowest BCUT2D eigenvalue weighted by atomic mass is 10.2. The third kappa shape index (κ3) is 7.77. The summed E-state index contributed by atoms with van der Waals surface area (Å²) >= 11 is 6.37. The Morgan fingerprint density at radius 3 is 2.55 bits per heavy atom. The van der Waals surface area contributed by atoms with E-state index in [1.807, 2.05) is 42.3 Å². The van der Waals surface area contributed by atoms with Gasteiger partial charge in [0.1, 0.15) is 18.3 Å². The fraction of sp³-hybridized carbons (Fsp3) is 0.577. The molecule has 0 aliphatic carbocycles. The molecular formula is C26H37ClN5O7P. The van der Waals surface area contributed by atoms with Crippen LogP contribution in [-0.4, -0.2) is 76.1 Å². The van der Waals surface area contributed by atoms with Gasteiger partial charge in [-0.3, -0.25) is 4.57 Å². The van der Waals surface area contributed by atoms with Crippen LogP contribution in [0.3, 0.4) is 0 Å². The normalized spacial score (nSPS) is 19.9. The predicted molar refractivity (Wildman–Crippen MR) is 150 cm³/mol. The Hall–Kier alpha value is -2.15. The van der Waals surface area contributed by atoms with E-state index in [0.29, 0.717) is 29.8 Å². The van der Waals surface area contributed by atoms with Crippen LogP contribution < -0.4 is 4.90 Å². The van der Waals surface area contributed by atoms with Gasteiger partial charge in [0.15, 0.2) is 17.7 Å². The minimum Gasteiger partial charge on any atom is -0.366 e. The number of halogens is 1. The van der Waals surface area contributed by atoms with E-state index in [0.717, 1.165) is 5.56 Å². The molecule has 1 N–H and O–H groups in total. The Balaban J connectivity index is 1.56. The number of anilines is 1. The van der Waals surface area contributed by atoms with Crippen molar-refractivity contribution in [2.75, 3.05) is 38.1 Å². The van der Waals surface area contributed by atoms with Gasteiger partial charge < -0.3 is 33.3 Å². The van der Waals surface area contributed by atoms with E-state index >= 15 is 0 Å². The second kappa shape index (κ2) is 13.2. The maximum absolute atomic E-state index is 12.8.